The van der Waals surface area contributed by atoms with E-state index in [1.165, 1.54) is 11.3 Å². The molecule has 3 aromatic rings. The standard InChI is InChI=1S/C19H20Cl2N2O3S/c1-10(2)14-9-27-19(23-14)13-7-12(20)11-5-6-15(17(21)18(11)22-13)26-8-16(24-3)25-4/h5-7,9-10,16H,8H2,1-4H3. The lowest BCUT2D eigenvalue weighted by atomic mass is 10.1. The number of benzene rings is 1. The molecule has 0 aliphatic heterocycles. The molecule has 5 nitrogen and oxygen atoms in total. The molecule has 0 spiro atoms. The van der Waals surface area contributed by atoms with E-state index in [9.17, 15) is 0 Å². The Bertz CT molecular complexity index is 942. The Morgan fingerprint density at radius 1 is 1.11 bits per heavy atom. The van der Waals surface area contributed by atoms with Crippen molar-refractivity contribution in [2.45, 2.75) is 26.1 Å². The van der Waals surface area contributed by atoms with Crippen LogP contribution in [0.4, 0.5) is 0 Å². The van der Waals surface area contributed by atoms with Gasteiger partial charge in [0.05, 0.1) is 16.2 Å². The number of pyridine rings is 1. The third-order valence-corrected chi connectivity index (χ3v) is 5.63. The Kier molecular flexibility index (Phi) is 6.55. The third kappa shape index (κ3) is 4.36. The summed E-state index contributed by atoms with van der Waals surface area (Å²) in [5.41, 5.74) is 2.29. The second kappa shape index (κ2) is 8.71. The van der Waals surface area contributed by atoms with Crippen molar-refractivity contribution < 1.29 is 14.2 Å². The minimum atomic E-state index is -0.482. The fourth-order valence-electron chi connectivity index (χ4n) is 2.48. The van der Waals surface area contributed by atoms with Crippen LogP contribution < -0.4 is 4.74 Å². The summed E-state index contributed by atoms with van der Waals surface area (Å²) in [6, 6.07) is 5.42. The monoisotopic (exact) mass is 426 g/mol. The van der Waals surface area contributed by atoms with Gasteiger partial charge >= 0.3 is 0 Å². The van der Waals surface area contributed by atoms with E-state index in [2.05, 4.69) is 18.8 Å². The molecule has 8 heteroatoms. The van der Waals surface area contributed by atoms with Crippen molar-refractivity contribution in [3.8, 4) is 16.5 Å². The van der Waals surface area contributed by atoms with Crippen molar-refractivity contribution >= 4 is 45.4 Å². The van der Waals surface area contributed by atoms with Gasteiger partial charge in [-0.15, -0.1) is 11.3 Å². The molecular weight excluding hydrogens is 407 g/mol. The molecule has 0 unspecified atom stereocenters. The highest BCUT2D eigenvalue weighted by molar-refractivity contribution is 7.13. The highest BCUT2D eigenvalue weighted by atomic mass is 35.5. The molecule has 0 atom stereocenters. The highest BCUT2D eigenvalue weighted by Crippen LogP contribution is 2.37. The maximum Gasteiger partial charge on any atom is 0.191 e. The third-order valence-electron chi connectivity index (χ3n) is 4.07. The van der Waals surface area contributed by atoms with Crippen molar-refractivity contribution in [2.75, 3.05) is 20.8 Å². The first-order chi connectivity index (χ1) is 12.9. The lowest BCUT2D eigenvalue weighted by Crippen LogP contribution is -2.22. The molecule has 0 bridgehead atoms. The smallest absolute Gasteiger partial charge is 0.191 e. The number of hydrogen-bond acceptors (Lipinski definition) is 6. The summed E-state index contributed by atoms with van der Waals surface area (Å²) in [7, 11) is 3.10. The van der Waals surface area contributed by atoms with Gasteiger partial charge < -0.3 is 14.2 Å². The first-order valence-corrected chi connectivity index (χ1v) is 10.0. The summed E-state index contributed by atoms with van der Waals surface area (Å²) < 4.78 is 16.0. The number of aromatic nitrogens is 2. The lowest BCUT2D eigenvalue weighted by molar-refractivity contribution is -0.121. The van der Waals surface area contributed by atoms with E-state index < -0.39 is 6.29 Å². The van der Waals surface area contributed by atoms with Gasteiger partial charge in [-0.25, -0.2) is 9.97 Å². The van der Waals surface area contributed by atoms with Crippen LogP contribution in [0.1, 0.15) is 25.5 Å². The van der Waals surface area contributed by atoms with E-state index in [0.29, 0.717) is 32.9 Å². The second-order valence-corrected chi connectivity index (χ2v) is 7.85. The Labute approximate surface area is 172 Å². The first kappa shape index (κ1) is 20.3. The summed E-state index contributed by atoms with van der Waals surface area (Å²) in [5.74, 6) is 0.843. The second-order valence-electron chi connectivity index (χ2n) is 6.21. The molecule has 0 aliphatic carbocycles. The van der Waals surface area contributed by atoms with Gasteiger partial charge in [-0.05, 0) is 24.1 Å². The molecule has 2 heterocycles. The van der Waals surface area contributed by atoms with E-state index in [1.807, 2.05) is 17.5 Å². The Hall–Kier alpha value is -1.44. The van der Waals surface area contributed by atoms with E-state index in [1.54, 1.807) is 20.3 Å². The maximum absolute atomic E-state index is 6.55. The van der Waals surface area contributed by atoms with Gasteiger partial charge in [-0.3, -0.25) is 0 Å². The zero-order valence-corrected chi connectivity index (χ0v) is 17.8. The molecule has 0 aliphatic rings. The Morgan fingerprint density at radius 3 is 2.48 bits per heavy atom. The zero-order valence-electron chi connectivity index (χ0n) is 15.5. The molecule has 1 aromatic carbocycles. The molecule has 0 N–H and O–H groups in total. The van der Waals surface area contributed by atoms with E-state index >= 15 is 0 Å². The summed E-state index contributed by atoms with van der Waals surface area (Å²) in [6.07, 6.45) is -0.482. The van der Waals surface area contributed by atoms with Gasteiger partial charge in [0.25, 0.3) is 0 Å². The molecule has 0 amide bonds. The van der Waals surface area contributed by atoms with Crippen LogP contribution in [0, 0.1) is 0 Å². The van der Waals surface area contributed by atoms with Crippen LogP contribution in [0.3, 0.4) is 0 Å². The quantitative estimate of drug-likeness (QED) is 0.447. The lowest BCUT2D eigenvalue weighted by Gasteiger charge is -2.16. The van der Waals surface area contributed by atoms with Gasteiger partial charge in [0, 0.05) is 25.0 Å². The van der Waals surface area contributed by atoms with E-state index in [-0.39, 0.29) is 6.61 Å². The minimum absolute atomic E-state index is 0.204. The van der Waals surface area contributed by atoms with Gasteiger partial charge in [-0.1, -0.05) is 37.0 Å². The van der Waals surface area contributed by atoms with E-state index in [4.69, 9.17) is 42.4 Å². The predicted molar refractivity (Wildman–Crippen MR) is 110 cm³/mol. The molecule has 27 heavy (non-hydrogen) atoms. The molecule has 0 saturated carbocycles. The molecule has 0 radical (unpaired) electrons. The normalized spacial score (nSPS) is 11.7. The van der Waals surface area contributed by atoms with Gasteiger partial charge in [0.2, 0.25) is 0 Å². The van der Waals surface area contributed by atoms with Crippen LogP contribution in [0.25, 0.3) is 21.6 Å². The average molecular weight is 427 g/mol. The van der Waals surface area contributed by atoms with Crippen LogP contribution in [0.15, 0.2) is 23.6 Å². The summed E-state index contributed by atoms with van der Waals surface area (Å²) >= 11 is 14.6. The van der Waals surface area contributed by atoms with Crippen molar-refractivity contribution in [1.82, 2.24) is 9.97 Å². The minimum Gasteiger partial charge on any atom is -0.487 e. The van der Waals surface area contributed by atoms with E-state index in [0.717, 1.165) is 16.1 Å². The summed E-state index contributed by atoms with van der Waals surface area (Å²) in [4.78, 5) is 9.35. The van der Waals surface area contributed by atoms with Crippen LogP contribution in [-0.2, 0) is 9.47 Å². The first-order valence-electron chi connectivity index (χ1n) is 8.37. The molecule has 3 rings (SSSR count). The van der Waals surface area contributed by atoms with Gasteiger partial charge in [-0.2, -0.15) is 0 Å². The Morgan fingerprint density at radius 2 is 1.85 bits per heavy atom. The highest BCUT2D eigenvalue weighted by Gasteiger charge is 2.16. The van der Waals surface area contributed by atoms with Crippen molar-refractivity contribution in [3.63, 3.8) is 0 Å². The van der Waals surface area contributed by atoms with Crippen LogP contribution in [-0.4, -0.2) is 37.1 Å². The summed E-state index contributed by atoms with van der Waals surface area (Å²) in [5, 5.41) is 4.56. The number of thiazole rings is 1. The number of nitrogens with zero attached hydrogens (tertiary/aromatic N) is 2. The van der Waals surface area contributed by atoms with Crippen molar-refractivity contribution in [2.24, 2.45) is 0 Å². The number of methoxy groups -OCH3 is 2. The fourth-order valence-corrected chi connectivity index (χ4v) is 3.94. The number of halogens is 2. The zero-order chi connectivity index (χ0) is 19.6. The average Bonchev–Trinajstić information content (AvgIpc) is 3.15. The van der Waals surface area contributed by atoms with Crippen molar-refractivity contribution in [3.05, 3.63) is 39.3 Å². The number of ether oxygens (including phenoxy) is 3. The van der Waals surface area contributed by atoms with Crippen LogP contribution in [0.2, 0.25) is 10.0 Å². The number of rotatable bonds is 7. The molecule has 144 valence electrons. The van der Waals surface area contributed by atoms with Crippen LogP contribution >= 0.6 is 34.5 Å². The van der Waals surface area contributed by atoms with Gasteiger partial charge in [0.1, 0.15) is 28.1 Å². The molecule has 0 fully saturated rings. The number of fused-ring (bicyclic) bond motifs is 1. The predicted octanol–water partition coefficient (Wildman–Crippen LogP) is 5.79. The molecule has 2 aromatic heterocycles. The fraction of sp³-hybridized carbons (Fsp3) is 0.368. The Balaban J connectivity index is 2.00. The van der Waals surface area contributed by atoms with Gasteiger partial charge in [0.15, 0.2) is 6.29 Å². The topological polar surface area (TPSA) is 53.5 Å². The SMILES string of the molecule is COC(COc1ccc2c(Cl)cc(-c3nc(C(C)C)cs3)nc2c1Cl)OC. The van der Waals surface area contributed by atoms with Crippen molar-refractivity contribution in [1.29, 1.82) is 0 Å². The number of hydrogen-bond donors (Lipinski definition) is 0. The largest absolute Gasteiger partial charge is 0.487 e. The molecule has 0 saturated heterocycles. The van der Waals surface area contributed by atoms with Crippen LogP contribution in [0.5, 0.6) is 5.75 Å². The maximum atomic E-state index is 6.55. The molecular formula is C19H20Cl2N2O3S. The summed E-state index contributed by atoms with van der Waals surface area (Å²) in [6.45, 7) is 4.41.